The number of hydrogen-bond donors (Lipinski definition) is 1. The Kier molecular flexibility index (Phi) is 4.43. The molecule has 0 aromatic heterocycles. The van der Waals surface area contributed by atoms with Crippen LogP contribution in [0.3, 0.4) is 0 Å². The molecule has 0 amide bonds. The van der Waals surface area contributed by atoms with Crippen LogP contribution in [0.5, 0.6) is 0 Å². The molecule has 2 rings (SSSR count). The summed E-state index contributed by atoms with van der Waals surface area (Å²) >= 11 is 6.94. The summed E-state index contributed by atoms with van der Waals surface area (Å²) in [4.78, 5) is 0. The van der Waals surface area contributed by atoms with Gasteiger partial charge in [-0.15, -0.1) is 0 Å². The Hall–Kier alpha value is -0.710. The van der Waals surface area contributed by atoms with Crippen LogP contribution in [0.15, 0.2) is 39.3 Å². The minimum atomic E-state index is -0.275. The van der Waals surface area contributed by atoms with Crippen LogP contribution < -0.4 is 5.73 Å². The van der Waals surface area contributed by atoms with Gasteiger partial charge < -0.3 is 5.73 Å². The van der Waals surface area contributed by atoms with E-state index in [4.69, 9.17) is 5.73 Å². The molecule has 0 aliphatic carbocycles. The lowest BCUT2D eigenvalue weighted by molar-refractivity contribution is 0.623. The molecule has 0 spiro atoms. The molecule has 1 nitrogen and oxygen atoms in total. The first-order valence-electron chi connectivity index (χ1n) is 5.87. The molecule has 0 radical (unpaired) electrons. The van der Waals surface area contributed by atoms with Crippen molar-refractivity contribution in [1.29, 1.82) is 0 Å². The zero-order valence-electron chi connectivity index (χ0n) is 10.7. The van der Waals surface area contributed by atoms with Crippen molar-refractivity contribution in [1.82, 2.24) is 0 Å². The topological polar surface area (TPSA) is 26.0 Å². The van der Waals surface area contributed by atoms with Crippen molar-refractivity contribution in [2.75, 3.05) is 0 Å². The van der Waals surface area contributed by atoms with E-state index in [1.165, 1.54) is 12.1 Å². The highest BCUT2D eigenvalue weighted by molar-refractivity contribution is 9.11. The molecule has 2 aromatic rings. The number of rotatable bonds is 2. The molecule has 0 aliphatic rings. The van der Waals surface area contributed by atoms with E-state index in [1.54, 1.807) is 0 Å². The Morgan fingerprint density at radius 3 is 2.16 bits per heavy atom. The summed E-state index contributed by atoms with van der Waals surface area (Å²) in [6.45, 7) is 3.77. The van der Waals surface area contributed by atoms with E-state index < -0.39 is 0 Å². The SMILES string of the molecule is Cc1cc(F)cc(C)c1C(N)c1ccc(Br)cc1Br. The maximum Gasteiger partial charge on any atom is 0.123 e. The molecule has 4 heteroatoms. The van der Waals surface area contributed by atoms with Gasteiger partial charge in [-0.2, -0.15) is 0 Å². The second-order valence-electron chi connectivity index (χ2n) is 4.60. The summed E-state index contributed by atoms with van der Waals surface area (Å²) in [5, 5.41) is 0. The van der Waals surface area contributed by atoms with Gasteiger partial charge in [-0.1, -0.05) is 37.9 Å². The van der Waals surface area contributed by atoms with Gasteiger partial charge in [0, 0.05) is 8.95 Å². The summed E-state index contributed by atoms with van der Waals surface area (Å²) in [6, 6.07) is 8.66. The van der Waals surface area contributed by atoms with Crippen molar-refractivity contribution in [2.45, 2.75) is 19.9 Å². The Balaban J connectivity index is 2.53. The normalized spacial score (nSPS) is 12.5. The lowest BCUT2D eigenvalue weighted by Gasteiger charge is -2.19. The maximum absolute atomic E-state index is 13.4. The third kappa shape index (κ3) is 3.07. The monoisotopic (exact) mass is 385 g/mol. The van der Waals surface area contributed by atoms with Gasteiger partial charge in [-0.25, -0.2) is 4.39 Å². The molecule has 2 aromatic carbocycles. The van der Waals surface area contributed by atoms with Crippen LogP contribution in [0.2, 0.25) is 0 Å². The molecule has 0 saturated heterocycles. The predicted molar refractivity (Wildman–Crippen MR) is 83.7 cm³/mol. The van der Waals surface area contributed by atoms with Gasteiger partial charge in [0.15, 0.2) is 0 Å². The van der Waals surface area contributed by atoms with Crippen LogP contribution in [-0.4, -0.2) is 0 Å². The highest BCUT2D eigenvalue weighted by Crippen LogP contribution is 2.32. The Morgan fingerprint density at radius 1 is 1.05 bits per heavy atom. The highest BCUT2D eigenvalue weighted by Gasteiger charge is 2.17. The van der Waals surface area contributed by atoms with E-state index in [2.05, 4.69) is 31.9 Å². The first-order chi connectivity index (χ1) is 8.90. The molecule has 0 bridgehead atoms. The third-order valence-corrected chi connectivity index (χ3v) is 4.35. The lowest BCUT2D eigenvalue weighted by atomic mass is 9.92. The molecule has 0 fully saturated rings. The molecule has 100 valence electrons. The van der Waals surface area contributed by atoms with E-state index in [0.29, 0.717) is 0 Å². The Labute approximate surface area is 129 Å². The minimum absolute atomic E-state index is 0.221. The van der Waals surface area contributed by atoms with Gasteiger partial charge in [0.2, 0.25) is 0 Å². The van der Waals surface area contributed by atoms with E-state index in [1.807, 2.05) is 32.0 Å². The number of aryl methyl sites for hydroxylation is 2. The van der Waals surface area contributed by atoms with Crippen LogP contribution in [0.25, 0.3) is 0 Å². The molecule has 0 aliphatic heterocycles. The van der Waals surface area contributed by atoms with Crippen molar-refractivity contribution < 1.29 is 4.39 Å². The fourth-order valence-corrected chi connectivity index (χ4v) is 3.62. The van der Waals surface area contributed by atoms with Gasteiger partial charge in [-0.05, 0) is 60.4 Å². The quantitative estimate of drug-likeness (QED) is 0.770. The molecule has 1 atom stereocenters. The zero-order valence-corrected chi connectivity index (χ0v) is 13.8. The molecule has 19 heavy (non-hydrogen) atoms. The second kappa shape index (κ2) is 5.73. The van der Waals surface area contributed by atoms with Gasteiger partial charge in [0.05, 0.1) is 6.04 Å². The van der Waals surface area contributed by atoms with Gasteiger partial charge in [-0.3, -0.25) is 0 Å². The van der Waals surface area contributed by atoms with Gasteiger partial charge >= 0.3 is 0 Å². The van der Waals surface area contributed by atoms with Crippen molar-refractivity contribution in [3.63, 3.8) is 0 Å². The van der Waals surface area contributed by atoms with Crippen LogP contribution >= 0.6 is 31.9 Å². The highest BCUT2D eigenvalue weighted by atomic mass is 79.9. The standard InChI is InChI=1S/C15H14Br2FN/c1-8-5-11(18)6-9(2)14(8)15(19)12-4-3-10(16)7-13(12)17/h3-7,15H,19H2,1-2H3. The summed E-state index contributed by atoms with van der Waals surface area (Å²) in [7, 11) is 0. The molecule has 1 unspecified atom stereocenters. The first kappa shape index (κ1) is 14.7. The largest absolute Gasteiger partial charge is 0.320 e. The molecule has 0 saturated carbocycles. The lowest BCUT2D eigenvalue weighted by Crippen LogP contribution is -2.15. The summed E-state index contributed by atoms with van der Waals surface area (Å²) in [5.74, 6) is -0.221. The smallest absolute Gasteiger partial charge is 0.123 e. The van der Waals surface area contributed by atoms with Crippen molar-refractivity contribution in [3.8, 4) is 0 Å². The average molecular weight is 387 g/mol. The molecule has 0 heterocycles. The van der Waals surface area contributed by atoms with E-state index in [9.17, 15) is 4.39 Å². The number of hydrogen-bond acceptors (Lipinski definition) is 1. The number of halogens is 3. The summed E-state index contributed by atoms with van der Waals surface area (Å²) in [6.07, 6.45) is 0. The van der Waals surface area contributed by atoms with Gasteiger partial charge in [0.1, 0.15) is 5.82 Å². The Bertz CT molecular complexity index is 603. The van der Waals surface area contributed by atoms with Crippen LogP contribution in [0.1, 0.15) is 28.3 Å². The zero-order chi connectivity index (χ0) is 14.2. The summed E-state index contributed by atoms with van der Waals surface area (Å²) in [5.41, 5.74) is 10.1. The fraction of sp³-hybridized carbons (Fsp3) is 0.200. The molecular formula is C15H14Br2FN. The molecular weight excluding hydrogens is 373 g/mol. The van der Waals surface area contributed by atoms with Crippen LogP contribution in [-0.2, 0) is 0 Å². The fourth-order valence-electron chi connectivity index (χ4n) is 2.32. The van der Waals surface area contributed by atoms with Crippen molar-refractivity contribution in [3.05, 3.63) is 67.3 Å². The maximum atomic E-state index is 13.4. The van der Waals surface area contributed by atoms with Crippen molar-refractivity contribution >= 4 is 31.9 Å². The predicted octanol–water partition coefficient (Wildman–Crippen LogP) is 5.02. The van der Waals surface area contributed by atoms with E-state index in [-0.39, 0.29) is 11.9 Å². The van der Waals surface area contributed by atoms with Crippen LogP contribution in [0.4, 0.5) is 4.39 Å². The molecule has 2 N–H and O–H groups in total. The van der Waals surface area contributed by atoms with Crippen molar-refractivity contribution in [2.24, 2.45) is 5.73 Å². The van der Waals surface area contributed by atoms with E-state index >= 15 is 0 Å². The van der Waals surface area contributed by atoms with E-state index in [0.717, 1.165) is 31.2 Å². The number of nitrogens with two attached hydrogens (primary N) is 1. The average Bonchev–Trinajstić information content (AvgIpc) is 2.26. The third-order valence-electron chi connectivity index (χ3n) is 3.17. The number of benzene rings is 2. The Morgan fingerprint density at radius 2 is 1.63 bits per heavy atom. The van der Waals surface area contributed by atoms with Gasteiger partial charge in [0.25, 0.3) is 0 Å². The summed E-state index contributed by atoms with van der Waals surface area (Å²) < 4.78 is 15.3. The van der Waals surface area contributed by atoms with Crippen LogP contribution in [0, 0.1) is 19.7 Å². The first-order valence-corrected chi connectivity index (χ1v) is 7.46. The second-order valence-corrected chi connectivity index (χ2v) is 6.37. The minimum Gasteiger partial charge on any atom is -0.320 e.